The van der Waals surface area contributed by atoms with Gasteiger partial charge in [0.15, 0.2) is 5.15 Å². The van der Waals surface area contributed by atoms with E-state index >= 15 is 0 Å². The molecule has 0 aliphatic rings. The van der Waals surface area contributed by atoms with E-state index in [4.69, 9.17) is 23.2 Å². The molecule has 1 aromatic heterocycles. The lowest BCUT2D eigenvalue weighted by atomic mass is 10.1. The van der Waals surface area contributed by atoms with Gasteiger partial charge in [0.05, 0.1) is 11.3 Å². The van der Waals surface area contributed by atoms with Crippen molar-refractivity contribution >= 4 is 50.7 Å². The van der Waals surface area contributed by atoms with E-state index in [2.05, 4.69) is 26.2 Å². The van der Waals surface area contributed by atoms with Crippen molar-refractivity contribution in [1.29, 1.82) is 0 Å². The minimum atomic E-state index is -0.258. The molecule has 0 radical (unpaired) electrons. The number of amides is 1. The Balaban J connectivity index is 2.33. The third kappa shape index (κ3) is 3.32. The van der Waals surface area contributed by atoms with Gasteiger partial charge in [-0.05, 0) is 59.1 Å². The number of anilines is 1. The Morgan fingerprint density at radius 2 is 1.95 bits per heavy atom. The maximum Gasteiger partial charge on any atom is 0.256 e. The number of aryl methyl sites for hydroxylation is 2. The molecule has 1 N–H and O–H groups in total. The van der Waals surface area contributed by atoms with Gasteiger partial charge in [-0.1, -0.05) is 29.3 Å². The van der Waals surface area contributed by atoms with Crippen molar-refractivity contribution in [3.05, 3.63) is 55.7 Å². The van der Waals surface area contributed by atoms with E-state index in [0.29, 0.717) is 16.4 Å². The van der Waals surface area contributed by atoms with Crippen LogP contribution in [0.4, 0.5) is 5.69 Å². The van der Waals surface area contributed by atoms with E-state index < -0.39 is 0 Å². The van der Waals surface area contributed by atoms with E-state index in [1.165, 1.54) is 0 Å². The highest BCUT2D eigenvalue weighted by molar-refractivity contribution is 9.10. The fourth-order valence-corrected chi connectivity index (χ4v) is 2.98. The van der Waals surface area contributed by atoms with Crippen molar-refractivity contribution in [1.82, 2.24) is 4.98 Å². The van der Waals surface area contributed by atoms with Gasteiger partial charge in [0.2, 0.25) is 0 Å². The molecule has 1 aromatic carbocycles. The Labute approximate surface area is 135 Å². The van der Waals surface area contributed by atoms with Crippen LogP contribution in [0.2, 0.25) is 10.3 Å². The molecule has 20 heavy (non-hydrogen) atoms. The van der Waals surface area contributed by atoms with E-state index in [1.807, 2.05) is 19.1 Å². The van der Waals surface area contributed by atoms with Crippen LogP contribution in [0.5, 0.6) is 0 Å². The van der Waals surface area contributed by atoms with Gasteiger partial charge in [-0.15, -0.1) is 0 Å². The Morgan fingerprint density at radius 3 is 2.55 bits per heavy atom. The monoisotopic (exact) mass is 372 g/mol. The zero-order chi connectivity index (χ0) is 14.9. The smallest absolute Gasteiger partial charge is 0.256 e. The average Bonchev–Trinajstić information content (AvgIpc) is 2.33. The fraction of sp³-hybridized carbons (Fsp3) is 0.143. The number of benzene rings is 1. The molecule has 3 nitrogen and oxygen atoms in total. The van der Waals surface area contributed by atoms with Crippen molar-refractivity contribution in [2.75, 3.05) is 5.32 Å². The van der Waals surface area contributed by atoms with E-state index in [0.717, 1.165) is 15.6 Å². The first kappa shape index (κ1) is 15.3. The summed E-state index contributed by atoms with van der Waals surface area (Å²) < 4.78 is 0.727. The summed E-state index contributed by atoms with van der Waals surface area (Å²) in [5, 5.41) is 3.23. The van der Waals surface area contributed by atoms with Crippen LogP contribution < -0.4 is 5.32 Å². The van der Waals surface area contributed by atoms with Crippen LogP contribution in [0.3, 0.4) is 0 Å². The Morgan fingerprint density at radius 1 is 1.25 bits per heavy atom. The summed E-state index contributed by atoms with van der Waals surface area (Å²) in [7, 11) is 0. The molecule has 0 spiro atoms. The number of nitrogens with zero attached hydrogens (tertiary/aromatic N) is 1. The molecule has 6 heteroatoms. The summed E-state index contributed by atoms with van der Waals surface area (Å²) >= 11 is 15.2. The number of rotatable bonds is 2. The fourth-order valence-electron chi connectivity index (χ4n) is 1.73. The van der Waals surface area contributed by atoms with Crippen molar-refractivity contribution in [3.8, 4) is 0 Å². The predicted molar refractivity (Wildman–Crippen MR) is 85.8 cm³/mol. The molecular formula is C14H11BrCl2N2O. The normalized spacial score (nSPS) is 10.4. The highest BCUT2D eigenvalue weighted by Crippen LogP contribution is 2.28. The van der Waals surface area contributed by atoms with Crippen LogP contribution in [-0.4, -0.2) is 10.9 Å². The molecule has 0 saturated heterocycles. The second kappa shape index (κ2) is 6.12. The Bertz CT molecular complexity index is 666. The second-order valence-electron chi connectivity index (χ2n) is 4.37. The largest absolute Gasteiger partial charge is 0.319 e. The zero-order valence-corrected chi connectivity index (χ0v) is 13.9. The predicted octanol–water partition coefficient (Wildman–Crippen LogP) is 5.02. The number of hydrogen-bond acceptors (Lipinski definition) is 2. The number of carbonyl (C=O) groups is 1. The Kier molecular flexibility index (Phi) is 4.68. The van der Waals surface area contributed by atoms with Gasteiger partial charge in [-0.2, -0.15) is 0 Å². The number of pyridine rings is 1. The number of hydrogen-bond donors (Lipinski definition) is 1. The Hall–Kier alpha value is -1.10. The minimum absolute atomic E-state index is 0.173. The van der Waals surface area contributed by atoms with Gasteiger partial charge in [0, 0.05) is 4.47 Å². The highest BCUT2D eigenvalue weighted by atomic mass is 79.9. The summed E-state index contributed by atoms with van der Waals surface area (Å²) in [6.07, 6.45) is 0. The molecule has 104 valence electrons. The molecule has 1 amide bonds. The lowest BCUT2D eigenvalue weighted by Gasteiger charge is -2.11. The standard InChI is InChI=1S/C14H11BrCl2N2O/c1-7-3-4-9(10(15)5-7)14(20)19-12-8(2)6-11(16)18-13(12)17/h3-6H,1-2H3,(H,19,20). The summed E-state index contributed by atoms with van der Waals surface area (Å²) in [5.41, 5.74) is 2.82. The summed E-state index contributed by atoms with van der Waals surface area (Å²) in [5.74, 6) is -0.258. The van der Waals surface area contributed by atoms with E-state index in [-0.39, 0.29) is 11.1 Å². The molecular weight excluding hydrogens is 363 g/mol. The van der Waals surface area contributed by atoms with Crippen LogP contribution in [0, 0.1) is 13.8 Å². The first-order valence-corrected chi connectivity index (χ1v) is 7.33. The van der Waals surface area contributed by atoms with Gasteiger partial charge in [0.1, 0.15) is 5.15 Å². The van der Waals surface area contributed by atoms with Crippen molar-refractivity contribution in [3.63, 3.8) is 0 Å². The molecule has 2 aromatic rings. The van der Waals surface area contributed by atoms with Gasteiger partial charge in [0.25, 0.3) is 5.91 Å². The SMILES string of the molecule is Cc1ccc(C(=O)Nc2c(C)cc(Cl)nc2Cl)c(Br)c1. The average molecular weight is 374 g/mol. The number of aromatic nitrogens is 1. The van der Waals surface area contributed by atoms with Gasteiger partial charge in [-0.3, -0.25) is 4.79 Å². The third-order valence-electron chi connectivity index (χ3n) is 2.75. The third-order valence-corrected chi connectivity index (χ3v) is 3.87. The first-order chi connectivity index (χ1) is 9.38. The molecule has 2 rings (SSSR count). The quantitative estimate of drug-likeness (QED) is 0.751. The maximum absolute atomic E-state index is 12.3. The molecule has 0 fully saturated rings. The molecule has 0 saturated carbocycles. The van der Waals surface area contributed by atoms with Gasteiger partial charge < -0.3 is 5.32 Å². The molecule has 0 bridgehead atoms. The maximum atomic E-state index is 12.3. The minimum Gasteiger partial charge on any atom is -0.319 e. The van der Waals surface area contributed by atoms with Crippen LogP contribution in [-0.2, 0) is 0 Å². The number of halogens is 3. The summed E-state index contributed by atoms with van der Waals surface area (Å²) in [6.45, 7) is 3.76. The second-order valence-corrected chi connectivity index (χ2v) is 5.96. The van der Waals surface area contributed by atoms with Crippen LogP contribution in [0.15, 0.2) is 28.7 Å². The number of carbonyl (C=O) groups excluding carboxylic acids is 1. The van der Waals surface area contributed by atoms with Gasteiger partial charge >= 0.3 is 0 Å². The lowest BCUT2D eigenvalue weighted by molar-refractivity contribution is 0.102. The first-order valence-electron chi connectivity index (χ1n) is 5.78. The van der Waals surface area contributed by atoms with Gasteiger partial charge in [-0.25, -0.2) is 4.98 Å². The number of nitrogens with one attached hydrogen (secondary N) is 1. The molecule has 0 unspecified atom stereocenters. The molecule has 1 heterocycles. The topological polar surface area (TPSA) is 42.0 Å². The zero-order valence-electron chi connectivity index (χ0n) is 10.8. The molecule has 0 aliphatic heterocycles. The van der Waals surface area contributed by atoms with E-state index in [9.17, 15) is 4.79 Å². The van der Waals surface area contributed by atoms with Crippen molar-refractivity contribution in [2.45, 2.75) is 13.8 Å². The van der Waals surface area contributed by atoms with Crippen LogP contribution in [0.1, 0.15) is 21.5 Å². The molecule has 0 aliphatic carbocycles. The summed E-state index contributed by atoms with van der Waals surface area (Å²) in [6, 6.07) is 7.15. The van der Waals surface area contributed by atoms with Crippen LogP contribution in [0.25, 0.3) is 0 Å². The van der Waals surface area contributed by atoms with Crippen molar-refractivity contribution in [2.24, 2.45) is 0 Å². The van der Waals surface area contributed by atoms with Crippen molar-refractivity contribution < 1.29 is 4.79 Å². The highest BCUT2D eigenvalue weighted by Gasteiger charge is 2.14. The van der Waals surface area contributed by atoms with E-state index in [1.54, 1.807) is 19.1 Å². The summed E-state index contributed by atoms with van der Waals surface area (Å²) in [4.78, 5) is 16.2. The lowest BCUT2D eigenvalue weighted by Crippen LogP contribution is -2.14. The molecule has 0 atom stereocenters. The van der Waals surface area contributed by atoms with Crippen LogP contribution >= 0.6 is 39.1 Å².